The van der Waals surface area contributed by atoms with E-state index in [0.29, 0.717) is 16.3 Å². The molecule has 7 heteroatoms. The summed E-state index contributed by atoms with van der Waals surface area (Å²) in [5.74, 6) is 0.179. The van der Waals surface area contributed by atoms with Gasteiger partial charge in [0.25, 0.3) is 0 Å². The smallest absolute Gasteiger partial charge is 0.441 e. The first-order valence-corrected chi connectivity index (χ1v) is 6.11. The Bertz CT molecular complexity index is 373. The van der Waals surface area contributed by atoms with Crippen LogP contribution in [0.4, 0.5) is 13.2 Å². The third-order valence-electron chi connectivity index (χ3n) is 1.86. The highest BCUT2D eigenvalue weighted by atomic mass is 35.5. The maximum Gasteiger partial charge on any atom is 0.441 e. The van der Waals surface area contributed by atoms with Crippen molar-refractivity contribution in [1.29, 1.82) is 0 Å². The summed E-state index contributed by atoms with van der Waals surface area (Å²) in [6.07, 6.45) is 0. The molecule has 0 spiro atoms. The molecular formula is C10H11ClF3NOS. The van der Waals surface area contributed by atoms with Crippen LogP contribution in [-0.2, 0) is 6.54 Å². The molecule has 1 aromatic rings. The molecule has 17 heavy (non-hydrogen) atoms. The number of ether oxygens (including phenoxy) is 1. The second-order valence-electron chi connectivity index (χ2n) is 3.07. The van der Waals surface area contributed by atoms with Crippen molar-refractivity contribution in [3.05, 3.63) is 28.8 Å². The molecule has 0 radical (unpaired) electrons. The first-order valence-electron chi connectivity index (χ1n) is 4.75. The number of alkyl halides is 3. The fourth-order valence-electron chi connectivity index (χ4n) is 1.18. The molecule has 0 bridgehead atoms. The van der Waals surface area contributed by atoms with E-state index in [0.717, 1.165) is 0 Å². The Morgan fingerprint density at radius 1 is 1.35 bits per heavy atom. The highest BCUT2D eigenvalue weighted by molar-refractivity contribution is 8.00. The van der Waals surface area contributed by atoms with Crippen molar-refractivity contribution in [3.8, 4) is 5.75 Å². The molecule has 0 aliphatic carbocycles. The van der Waals surface area contributed by atoms with Gasteiger partial charge in [0.2, 0.25) is 0 Å². The minimum absolute atomic E-state index is 0.0685. The summed E-state index contributed by atoms with van der Waals surface area (Å²) in [6.45, 7) is 0.156. The second-order valence-corrected chi connectivity index (χ2v) is 4.64. The van der Waals surface area contributed by atoms with E-state index < -0.39 is 5.51 Å². The Balaban J connectivity index is 2.52. The summed E-state index contributed by atoms with van der Waals surface area (Å²) in [7, 11) is 0. The monoisotopic (exact) mass is 285 g/mol. The van der Waals surface area contributed by atoms with Gasteiger partial charge in [0.1, 0.15) is 5.75 Å². The van der Waals surface area contributed by atoms with Gasteiger partial charge >= 0.3 is 5.51 Å². The fourth-order valence-corrected chi connectivity index (χ4v) is 1.82. The van der Waals surface area contributed by atoms with Crippen LogP contribution in [0.15, 0.2) is 18.2 Å². The molecule has 0 aromatic heterocycles. The van der Waals surface area contributed by atoms with Crippen molar-refractivity contribution in [2.75, 3.05) is 12.4 Å². The van der Waals surface area contributed by atoms with E-state index in [-0.39, 0.29) is 30.7 Å². The predicted octanol–water partition coefficient (Wildman–Crippen LogP) is 3.43. The number of rotatable bonds is 5. The number of benzene rings is 1. The zero-order chi connectivity index (χ0) is 12.9. The van der Waals surface area contributed by atoms with Crippen molar-refractivity contribution < 1.29 is 17.9 Å². The molecule has 0 amide bonds. The second kappa shape index (κ2) is 6.37. The highest BCUT2D eigenvalue weighted by Crippen LogP contribution is 2.31. The van der Waals surface area contributed by atoms with Gasteiger partial charge in [-0.3, -0.25) is 0 Å². The zero-order valence-electron chi connectivity index (χ0n) is 8.76. The van der Waals surface area contributed by atoms with E-state index in [1.807, 2.05) is 0 Å². The lowest BCUT2D eigenvalue weighted by atomic mass is 10.2. The maximum absolute atomic E-state index is 11.9. The van der Waals surface area contributed by atoms with E-state index in [9.17, 15) is 13.2 Å². The Labute approximate surface area is 106 Å². The highest BCUT2D eigenvalue weighted by Gasteiger charge is 2.27. The largest absolute Gasteiger partial charge is 0.491 e. The Morgan fingerprint density at radius 2 is 2.06 bits per heavy atom. The summed E-state index contributed by atoms with van der Waals surface area (Å²) in [5, 5.41) is 0.352. The van der Waals surface area contributed by atoms with E-state index in [1.165, 1.54) is 0 Å². The van der Waals surface area contributed by atoms with Crippen LogP contribution in [-0.4, -0.2) is 17.9 Å². The normalized spacial score (nSPS) is 11.6. The average molecular weight is 286 g/mol. The van der Waals surface area contributed by atoms with E-state index >= 15 is 0 Å². The van der Waals surface area contributed by atoms with Crippen LogP contribution in [0.5, 0.6) is 5.75 Å². The molecule has 0 saturated carbocycles. The van der Waals surface area contributed by atoms with Crippen LogP contribution < -0.4 is 10.5 Å². The molecule has 0 aliphatic rings. The van der Waals surface area contributed by atoms with Gasteiger partial charge in [0.15, 0.2) is 0 Å². The van der Waals surface area contributed by atoms with Crippen molar-refractivity contribution in [2.45, 2.75) is 12.1 Å². The van der Waals surface area contributed by atoms with Gasteiger partial charge in [-0.2, -0.15) is 13.2 Å². The van der Waals surface area contributed by atoms with Gasteiger partial charge in [0, 0.05) is 17.9 Å². The molecule has 0 saturated heterocycles. The number of hydrogen-bond donors (Lipinski definition) is 1. The van der Waals surface area contributed by atoms with E-state index in [2.05, 4.69) is 0 Å². The minimum Gasteiger partial charge on any atom is -0.491 e. The van der Waals surface area contributed by atoms with Gasteiger partial charge < -0.3 is 10.5 Å². The van der Waals surface area contributed by atoms with E-state index in [1.54, 1.807) is 18.2 Å². The van der Waals surface area contributed by atoms with Crippen LogP contribution in [0.3, 0.4) is 0 Å². The SMILES string of the molecule is NCc1cccc(Cl)c1OCCSC(F)(F)F. The number of halogens is 4. The molecule has 1 rings (SSSR count). The van der Waals surface area contributed by atoms with Crippen molar-refractivity contribution >= 4 is 23.4 Å². The Hall–Kier alpha value is -0.590. The number of hydrogen-bond acceptors (Lipinski definition) is 3. The first-order chi connectivity index (χ1) is 7.94. The molecule has 0 fully saturated rings. The summed E-state index contributed by atoms with van der Waals surface area (Å²) in [5.41, 5.74) is 1.91. The van der Waals surface area contributed by atoms with Crippen LogP contribution in [0.1, 0.15) is 5.56 Å². The molecule has 0 heterocycles. The van der Waals surface area contributed by atoms with Gasteiger partial charge in [-0.15, -0.1) is 0 Å². The van der Waals surface area contributed by atoms with Crippen molar-refractivity contribution in [1.82, 2.24) is 0 Å². The van der Waals surface area contributed by atoms with Gasteiger partial charge in [0.05, 0.1) is 11.6 Å². The Kier molecular flexibility index (Phi) is 5.42. The maximum atomic E-state index is 11.9. The third-order valence-corrected chi connectivity index (χ3v) is 2.86. The lowest BCUT2D eigenvalue weighted by Gasteiger charge is -2.12. The van der Waals surface area contributed by atoms with Gasteiger partial charge in [-0.05, 0) is 17.8 Å². The van der Waals surface area contributed by atoms with Crippen molar-refractivity contribution in [2.24, 2.45) is 5.73 Å². The summed E-state index contributed by atoms with van der Waals surface area (Å²) in [6, 6.07) is 5.03. The zero-order valence-corrected chi connectivity index (χ0v) is 10.3. The van der Waals surface area contributed by atoms with E-state index in [4.69, 9.17) is 22.1 Å². The summed E-state index contributed by atoms with van der Waals surface area (Å²) in [4.78, 5) is 0. The molecule has 0 unspecified atom stereocenters. The Morgan fingerprint density at radius 3 is 2.65 bits per heavy atom. The minimum atomic E-state index is -4.24. The quantitative estimate of drug-likeness (QED) is 0.842. The standard InChI is InChI=1S/C10H11ClF3NOS/c11-8-3-1-2-7(6-15)9(8)16-4-5-17-10(12,13)14/h1-3H,4-6,15H2. The summed E-state index contributed by atoms with van der Waals surface area (Å²) >= 11 is 5.74. The molecule has 2 nitrogen and oxygen atoms in total. The van der Waals surface area contributed by atoms with Crippen LogP contribution in [0.25, 0.3) is 0 Å². The molecule has 0 aliphatic heterocycles. The van der Waals surface area contributed by atoms with Crippen LogP contribution >= 0.6 is 23.4 Å². The van der Waals surface area contributed by atoms with Crippen molar-refractivity contribution in [3.63, 3.8) is 0 Å². The molecule has 96 valence electrons. The number of nitrogens with two attached hydrogens (primary N) is 1. The molecule has 1 aromatic carbocycles. The summed E-state index contributed by atoms with van der Waals surface area (Å²) < 4.78 is 40.8. The average Bonchev–Trinajstić information content (AvgIpc) is 2.24. The van der Waals surface area contributed by atoms with Crippen LogP contribution in [0, 0.1) is 0 Å². The predicted molar refractivity (Wildman–Crippen MR) is 63.4 cm³/mol. The number of thioether (sulfide) groups is 1. The van der Waals surface area contributed by atoms with Gasteiger partial charge in [-0.25, -0.2) is 0 Å². The van der Waals surface area contributed by atoms with Crippen LogP contribution in [0.2, 0.25) is 5.02 Å². The lowest BCUT2D eigenvalue weighted by molar-refractivity contribution is -0.0329. The topological polar surface area (TPSA) is 35.2 Å². The molecule has 0 atom stereocenters. The first kappa shape index (κ1) is 14.5. The van der Waals surface area contributed by atoms with Gasteiger partial charge in [-0.1, -0.05) is 23.7 Å². The molecular weight excluding hydrogens is 275 g/mol. The third kappa shape index (κ3) is 5.06. The fraction of sp³-hybridized carbons (Fsp3) is 0.400. The number of para-hydroxylation sites is 1. The molecule has 2 N–H and O–H groups in total. The lowest BCUT2D eigenvalue weighted by Crippen LogP contribution is -2.09.